The van der Waals surface area contributed by atoms with Gasteiger partial charge >= 0.3 is 0 Å². The number of benzene rings is 1. The van der Waals surface area contributed by atoms with Crippen molar-refractivity contribution in [3.8, 4) is 0 Å². The van der Waals surface area contributed by atoms with Gasteiger partial charge in [0.05, 0.1) is 0 Å². The average molecular weight is 347 g/mol. The van der Waals surface area contributed by atoms with Gasteiger partial charge in [0, 0.05) is 10.4 Å². The molecule has 0 aromatic heterocycles. The van der Waals surface area contributed by atoms with Crippen LogP contribution in [0.3, 0.4) is 0 Å². The molecular weight excluding hydrogens is 324 g/mol. The van der Waals surface area contributed by atoms with Gasteiger partial charge in [0.2, 0.25) is 5.79 Å². The number of hydrogen-bond acceptors (Lipinski definition) is 3. The maximum absolute atomic E-state index is 6.49. The summed E-state index contributed by atoms with van der Waals surface area (Å²) in [6.45, 7) is 6.58. The van der Waals surface area contributed by atoms with E-state index in [4.69, 9.17) is 26.1 Å². The molecule has 1 aromatic carbocycles. The molecule has 0 unspecified atom stereocenters. The molecule has 1 aromatic rings. The summed E-state index contributed by atoms with van der Waals surface area (Å²) in [5.41, 5.74) is -0.0777. The monoisotopic (exact) mass is 346 g/mol. The normalized spacial score (nSPS) is 40.0. The first-order valence-electron chi connectivity index (χ1n) is 8.53. The van der Waals surface area contributed by atoms with Gasteiger partial charge in [0.1, 0.15) is 5.60 Å². The van der Waals surface area contributed by atoms with Crippen LogP contribution in [0, 0.1) is 5.41 Å². The fourth-order valence-electron chi connectivity index (χ4n) is 4.44. The highest BCUT2D eigenvalue weighted by Crippen LogP contribution is 2.60. The first-order valence-corrected chi connectivity index (χ1v) is 8.91. The van der Waals surface area contributed by atoms with E-state index in [9.17, 15) is 0 Å². The van der Waals surface area contributed by atoms with E-state index in [1.165, 1.54) is 0 Å². The van der Waals surface area contributed by atoms with E-state index in [0.717, 1.165) is 24.8 Å². The maximum Gasteiger partial charge on any atom is 0.241 e. The Morgan fingerprint density at radius 3 is 2.54 bits per heavy atom. The Balaban J connectivity index is 1.71. The van der Waals surface area contributed by atoms with E-state index in [-0.39, 0.29) is 5.41 Å². The van der Waals surface area contributed by atoms with Crippen LogP contribution in [0.15, 0.2) is 42.5 Å². The summed E-state index contributed by atoms with van der Waals surface area (Å²) in [7, 11) is 0. The standard InChI is InChI=1S/C20H23ClO3/c1-17(2)10-6-11-18(3)20(17)14-13-19(22-18,23-24-20)12-9-15-7-4-5-8-16(15)21/h4-5,7-9,12-14H,6,10-11H2,1-3H3/b12-9+/t18-,19+,20+/m1/s1. The molecule has 1 saturated carbocycles. The van der Waals surface area contributed by atoms with E-state index in [1.807, 2.05) is 42.5 Å². The van der Waals surface area contributed by atoms with E-state index in [1.54, 1.807) is 0 Å². The fraction of sp³-hybridized carbons (Fsp3) is 0.500. The van der Waals surface area contributed by atoms with E-state index < -0.39 is 17.0 Å². The quantitative estimate of drug-likeness (QED) is 0.537. The van der Waals surface area contributed by atoms with E-state index in [0.29, 0.717) is 5.02 Å². The zero-order chi connectivity index (χ0) is 17.1. The number of ether oxygens (including phenoxy) is 1. The lowest BCUT2D eigenvalue weighted by Crippen LogP contribution is -2.73. The molecular formula is C20H23ClO3. The third-order valence-electron chi connectivity index (χ3n) is 5.89. The van der Waals surface area contributed by atoms with Crippen LogP contribution in [0.1, 0.15) is 45.6 Å². The van der Waals surface area contributed by atoms with Crippen molar-refractivity contribution in [3.05, 3.63) is 53.1 Å². The molecule has 2 bridgehead atoms. The molecule has 3 nitrogen and oxygen atoms in total. The topological polar surface area (TPSA) is 27.7 Å². The Hall–Kier alpha value is -1.13. The molecule has 128 valence electrons. The lowest BCUT2D eigenvalue weighted by molar-refractivity contribution is -0.540. The zero-order valence-electron chi connectivity index (χ0n) is 14.3. The van der Waals surface area contributed by atoms with Gasteiger partial charge in [-0.05, 0) is 56.0 Å². The Bertz CT molecular complexity index is 725. The molecule has 4 aliphatic rings. The molecule has 1 aliphatic carbocycles. The zero-order valence-corrected chi connectivity index (χ0v) is 15.1. The minimum atomic E-state index is -0.997. The summed E-state index contributed by atoms with van der Waals surface area (Å²) in [5.74, 6) is -0.997. The van der Waals surface area contributed by atoms with Crippen molar-refractivity contribution in [1.29, 1.82) is 0 Å². The molecule has 3 heterocycles. The summed E-state index contributed by atoms with van der Waals surface area (Å²) in [4.78, 5) is 11.8. The number of hydrogen-bond donors (Lipinski definition) is 0. The molecule has 3 aliphatic heterocycles. The van der Waals surface area contributed by atoms with Gasteiger partial charge < -0.3 is 4.74 Å². The third kappa shape index (κ3) is 2.15. The van der Waals surface area contributed by atoms with Gasteiger partial charge in [-0.15, -0.1) is 0 Å². The Labute approximate surface area is 148 Å². The fourth-order valence-corrected chi connectivity index (χ4v) is 4.64. The van der Waals surface area contributed by atoms with Crippen molar-refractivity contribution in [2.24, 2.45) is 5.41 Å². The summed E-state index contributed by atoms with van der Waals surface area (Å²) in [6, 6.07) is 7.69. The van der Waals surface area contributed by atoms with Crippen LogP contribution in [-0.2, 0) is 14.5 Å². The number of rotatable bonds is 2. The summed E-state index contributed by atoms with van der Waals surface area (Å²) in [6.07, 6.45) is 11.1. The molecule has 5 rings (SSSR count). The van der Waals surface area contributed by atoms with Gasteiger partial charge in [0.15, 0.2) is 5.60 Å². The first-order chi connectivity index (χ1) is 11.3. The molecule has 0 amide bonds. The van der Waals surface area contributed by atoms with Crippen molar-refractivity contribution >= 4 is 17.7 Å². The smallest absolute Gasteiger partial charge is 0.241 e. The first kappa shape index (κ1) is 16.3. The largest absolute Gasteiger partial charge is 0.331 e. The highest BCUT2D eigenvalue weighted by atomic mass is 35.5. The van der Waals surface area contributed by atoms with Crippen molar-refractivity contribution < 1.29 is 14.5 Å². The number of fused-ring (bicyclic) bond motifs is 1. The van der Waals surface area contributed by atoms with Crippen molar-refractivity contribution in [1.82, 2.24) is 0 Å². The summed E-state index contributed by atoms with van der Waals surface area (Å²) < 4.78 is 6.49. The minimum Gasteiger partial charge on any atom is -0.331 e. The van der Waals surface area contributed by atoms with E-state index >= 15 is 0 Å². The molecule has 0 N–H and O–H groups in total. The molecule has 3 atom stereocenters. The minimum absolute atomic E-state index is 0.0461. The average Bonchev–Trinajstić information content (AvgIpc) is 2.54. The van der Waals surface area contributed by atoms with Gasteiger partial charge in [-0.3, -0.25) is 0 Å². The Kier molecular flexibility index (Phi) is 3.53. The molecule has 1 saturated heterocycles. The predicted octanol–water partition coefficient (Wildman–Crippen LogP) is 5.31. The van der Waals surface area contributed by atoms with Gasteiger partial charge in [-0.25, -0.2) is 4.89 Å². The lowest BCUT2D eigenvalue weighted by Gasteiger charge is -2.64. The molecule has 2 fully saturated rings. The Morgan fingerprint density at radius 2 is 1.83 bits per heavy atom. The van der Waals surface area contributed by atoms with Crippen LogP contribution in [0.25, 0.3) is 6.08 Å². The van der Waals surface area contributed by atoms with Crippen LogP contribution < -0.4 is 0 Å². The predicted molar refractivity (Wildman–Crippen MR) is 94.4 cm³/mol. The second-order valence-electron chi connectivity index (χ2n) is 7.88. The Morgan fingerprint density at radius 1 is 1.04 bits per heavy atom. The highest BCUT2D eigenvalue weighted by molar-refractivity contribution is 6.32. The molecule has 4 heteroatoms. The van der Waals surface area contributed by atoms with Crippen LogP contribution >= 0.6 is 11.6 Å². The second kappa shape index (κ2) is 5.18. The van der Waals surface area contributed by atoms with Crippen LogP contribution in [-0.4, -0.2) is 17.0 Å². The lowest BCUT2D eigenvalue weighted by atomic mass is 9.57. The summed E-state index contributed by atoms with van der Waals surface area (Å²) >= 11 is 6.23. The van der Waals surface area contributed by atoms with Gasteiger partial charge in [-0.1, -0.05) is 49.7 Å². The van der Waals surface area contributed by atoms with Crippen molar-refractivity contribution in [2.75, 3.05) is 0 Å². The number of halogens is 1. The molecule has 1 spiro atoms. The van der Waals surface area contributed by atoms with Crippen molar-refractivity contribution in [3.63, 3.8) is 0 Å². The molecule has 0 radical (unpaired) electrons. The van der Waals surface area contributed by atoms with Crippen LogP contribution in [0.2, 0.25) is 5.02 Å². The maximum atomic E-state index is 6.49. The summed E-state index contributed by atoms with van der Waals surface area (Å²) in [5, 5.41) is 0.695. The highest BCUT2D eigenvalue weighted by Gasteiger charge is 2.68. The SMILES string of the molecule is CC1(C)CCC[C@@]2(C)O[C@]3(/C=C/c4ccccc4Cl)C=C[C@]12OO3. The van der Waals surface area contributed by atoms with Gasteiger partial charge in [0.25, 0.3) is 0 Å². The van der Waals surface area contributed by atoms with Crippen LogP contribution in [0.4, 0.5) is 0 Å². The van der Waals surface area contributed by atoms with E-state index in [2.05, 4.69) is 26.8 Å². The third-order valence-corrected chi connectivity index (χ3v) is 6.23. The van der Waals surface area contributed by atoms with Crippen molar-refractivity contribution in [2.45, 2.75) is 57.0 Å². The molecule has 24 heavy (non-hydrogen) atoms. The van der Waals surface area contributed by atoms with Crippen LogP contribution in [0.5, 0.6) is 0 Å². The second-order valence-corrected chi connectivity index (χ2v) is 8.29. The van der Waals surface area contributed by atoms with Gasteiger partial charge in [-0.2, -0.15) is 4.89 Å².